The first kappa shape index (κ1) is 34.3. The second kappa shape index (κ2) is 15.2. The number of hydrogen-bond acceptors (Lipinski definition) is 11. The number of nitrogens with zero attached hydrogens (tertiary/aromatic N) is 3. The number of dihydropyridines is 1. The number of methoxy groups -OCH3 is 1. The van der Waals surface area contributed by atoms with Crippen LogP contribution in [-0.2, 0) is 19.1 Å². The largest absolute Gasteiger partial charge is 0.477 e. The Balaban J connectivity index is 1.35. The van der Waals surface area contributed by atoms with E-state index in [-0.39, 0.29) is 41.0 Å². The van der Waals surface area contributed by atoms with Crippen LogP contribution >= 0.6 is 0 Å². The number of ether oxygens (including phenoxy) is 3. The molecule has 0 saturated heterocycles. The van der Waals surface area contributed by atoms with E-state index in [0.717, 1.165) is 0 Å². The summed E-state index contributed by atoms with van der Waals surface area (Å²) >= 11 is 0. The summed E-state index contributed by atoms with van der Waals surface area (Å²) in [6.45, 7) is 7.93. The highest BCUT2D eigenvalue weighted by Crippen LogP contribution is 2.40. The number of rotatable bonds is 14. The summed E-state index contributed by atoms with van der Waals surface area (Å²) in [4.78, 5) is 48.2. The van der Waals surface area contributed by atoms with Crippen LogP contribution < -0.4 is 10.1 Å². The molecule has 248 valence electrons. The summed E-state index contributed by atoms with van der Waals surface area (Å²) in [6, 6.07) is 13.8. The molecule has 14 nitrogen and oxygen atoms in total. The van der Waals surface area contributed by atoms with Crippen LogP contribution in [0.5, 0.6) is 5.88 Å². The minimum Gasteiger partial charge on any atom is -0.477 e. The fourth-order valence-electron chi connectivity index (χ4n) is 5.51. The van der Waals surface area contributed by atoms with Gasteiger partial charge in [-0.2, -0.15) is 0 Å². The molecule has 1 aliphatic heterocycles. The smallest absolute Gasteiger partial charge is 0.336 e. The van der Waals surface area contributed by atoms with Crippen LogP contribution in [0.3, 0.4) is 0 Å². The number of aromatic amines is 1. The van der Waals surface area contributed by atoms with Crippen molar-refractivity contribution in [3.63, 3.8) is 0 Å². The van der Waals surface area contributed by atoms with E-state index in [9.17, 15) is 29.8 Å². The summed E-state index contributed by atoms with van der Waals surface area (Å²) in [5.74, 6) is -1.58. The number of esters is 2. The normalized spacial score (nSPS) is 15.8. The molecule has 0 fully saturated rings. The number of nitro groups is 2. The topological polar surface area (TPSA) is 189 Å². The van der Waals surface area contributed by atoms with Crippen molar-refractivity contribution in [1.29, 1.82) is 0 Å². The van der Waals surface area contributed by atoms with Crippen LogP contribution in [0, 0.1) is 32.1 Å². The molecule has 0 spiro atoms. The van der Waals surface area contributed by atoms with Gasteiger partial charge in [-0.05, 0) is 50.2 Å². The van der Waals surface area contributed by atoms with Crippen LogP contribution in [0.2, 0.25) is 0 Å². The number of benzene rings is 2. The third-order valence-electron chi connectivity index (χ3n) is 8.35. The molecule has 2 aromatic carbocycles. The summed E-state index contributed by atoms with van der Waals surface area (Å²) in [5.41, 5.74) is 2.35. The fourth-order valence-corrected chi connectivity index (χ4v) is 5.51. The van der Waals surface area contributed by atoms with E-state index in [4.69, 9.17) is 14.2 Å². The van der Waals surface area contributed by atoms with Crippen LogP contribution in [0.15, 0.2) is 77.1 Å². The van der Waals surface area contributed by atoms with Gasteiger partial charge in [0.1, 0.15) is 0 Å². The number of non-ortho nitro benzene ring substituents is 1. The number of allylic oxidation sites excluding steroid dienone is 2. The quantitative estimate of drug-likeness (QED) is 0.119. The van der Waals surface area contributed by atoms with Crippen LogP contribution in [-0.4, -0.2) is 52.3 Å². The Morgan fingerprint density at radius 3 is 2.21 bits per heavy atom. The number of nitro benzene ring substituents is 2. The van der Waals surface area contributed by atoms with Gasteiger partial charge in [0.2, 0.25) is 5.88 Å². The van der Waals surface area contributed by atoms with Gasteiger partial charge in [-0.3, -0.25) is 25.3 Å². The Hall–Kier alpha value is -5.53. The summed E-state index contributed by atoms with van der Waals surface area (Å²) in [7, 11) is 1.23. The number of para-hydroxylation sites is 1. The predicted octanol–water partition coefficient (Wildman–Crippen LogP) is 5.98. The van der Waals surface area contributed by atoms with Gasteiger partial charge in [0.05, 0.1) is 58.5 Å². The fraction of sp³-hybridized carbons (Fsp3) is 0.364. The van der Waals surface area contributed by atoms with Gasteiger partial charge in [-0.15, -0.1) is 5.10 Å². The Morgan fingerprint density at radius 2 is 1.55 bits per heavy atom. The number of hydrogen-bond donors (Lipinski definition) is 2. The van der Waals surface area contributed by atoms with Crippen molar-refractivity contribution in [3.8, 4) is 17.1 Å². The minimum atomic E-state index is -0.930. The first-order chi connectivity index (χ1) is 22.4. The first-order valence-electron chi connectivity index (χ1n) is 15.0. The molecule has 1 aliphatic rings. The molecule has 1 aromatic heterocycles. The lowest BCUT2D eigenvalue weighted by Crippen LogP contribution is -2.32. The van der Waals surface area contributed by atoms with E-state index >= 15 is 0 Å². The summed E-state index contributed by atoms with van der Waals surface area (Å²) in [6.07, 6.45) is 1.23. The molecule has 0 bridgehead atoms. The molecule has 3 aromatic rings. The van der Waals surface area contributed by atoms with Gasteiger partial charge in [-0.1, -0.05) is 38.1 Å². The third kappa shape index (κ3) is 8.01. The molecular weight excluding hydrogens is 610 g/mol. The lowest BCUT2D eigenvalue weighted by molar-refractivity contribution is -0.385. The van der Waals surface area contributed by atoms with Crippen molar-refractivity contribution >= 4 is 23.3 Å². The number of aromatic nitrogens is 2. The number of carbonyl (C=O) groups is 2. The van der Waals surface area contributed by atoms with Crippen molar-refractivity contribution in [1.82, 2.24) is 15.5 Å². The standard InChI is InChI=1S/C33H37N5O9/c1-19(13-15-46-28-18-26(35-36-28)25-11-6-7-12-27(25)38(43)44)20(2)14-16-47-33(40)30-22(4)34-21(3)29(32(39)45-5)31(30)23-9-8-10-24(17-23)37(41)42/h6-12,17-20,31,34H,13-16H2,1-5H3,(H,35,36). The molecule has 0 aliphatic carbocycles. The van der Waals surface area contributed by atoms with Gasteiger partial charge < -0.3 is 19.5 Å². The highest BCUT2D eigenvalue weighted by molar-refractivity contribution is 5.99. The van der Waals surface area contributed by atoms with Crippen molar-refractivity contribution < 1.29 is 33.6 Å². The molecule has 2 heterocycles. The average Bonchev–Trinajstić information content (AvgIpc) is 3.52. The second-order valence-electron chi connectivity index (χ2n) is 11.4. The monoisotopic (exact) mass is 647 g/mol. The van der Waals surface area contributed by atoms with Crippen molar-refractivity contribution in [2.75, 3.05) is 20.3 Å². The molecule has 0 saturated carbocycles. The summed E-state index contributed by atoms with van der Waals surface area (Å²) < 4.78 is 16.5. The molecule has 2 N–H and O–H groups in total. The van der Waals surface area contributed by atoms with Gasteiger partial charge in [0, 0.05) is 35.7 Å². The van der Waals surface area contributed by atoms with E-state index < -0.39 is 27.7 Å². The summed E-state index contributed by atoms with van der Waals surface area (Å²) in [5, 5.41) is 32.8. The maximum Gasteiger partial charge on any atom is 0.336 e. The molecule has 0 amide bonds. The Labute approximate surface area is 271 Å². The Bertz CT molecular complexity index is 1730. The maximum absolute atomic E-state index is 13.5. The molecule has 0 radical (unpaired) electrons. The van der Waals surface area contributed by atoms with Crippen LogP contribution in [0.1, 0.15) is 52.0 Å². The van der Waals surface area contributed by atoms with Crippen molar-refractivity contribution in [2.24, 2.45) is 11.8 Å². The first-order valence-corrected chi connectivity index (χ1v) is 15.0. The molecule has 3 atom stereocenters. The molecule has 47 heavy (non-hydrogen) atoms. The van der Waals surface area contributed by atoms with Crippen LogP contribution in [0.4, 0.5) is 11.4 Å². The van der Waals surface area contributed by atoms with Crippen molar-refractivity contribution in [2.45, 2.75) is 46.5 Å². The number of H-pyrrole nitrogens is 1. The average molecular weight is 648 g/mol. The SMILES string of the molecule is COC(=O)C1=C(C)NC(C)=C(C(=O)OCCC(C)C(C)CCOc2cc(-c3ccccc3[N+](=O)[O-])[nH]n2)C1c1cccc([N+](=O)[O-])c1. The van der Waals surface area contributed by atoms with Gasteiger partial charge in [0.15, 0.2) is 0 Å². The van der Waals surface area contributed by atoms with E-state index in [1.165, 1.54) is 31.4 Å². The van der Waals surface area contributed by atoms with E-state index in [1.54, 1.807) is 44.2 Å². The number of nitrogens with one attached hydrogen (secondary N) is 2. The van der Waals surface area contributed by atoms with Gasteiger partial charge in [-0.25, -0.2) is 9.59 Å². The lowest BCUT2D eigenvalue weighted by Gasteiger charge is -2.30. The zero-order chi connectivity index (χ0) is 34.2. The highest BCUT2D eigenvalue weighted by Gasteiger charge is 2.38. The van der Waals surface area contributed by atoms with Crippen molar-refractivity contribution in [3.05, 3.63) is 103 Å². The van der Waals surface area contributed by atoms with Gasteiger partial charge in [0.25, 0.3) is 11.4 Å². The predicted molar refractivity (Wildman–Crippen MR) is 171 cm³/mol. The second-order valence-corrected chi connectivity index (χ2v) is 11.4. The lowest BCUT2D eigenvalue weighted by atomic mass is 9.80. The number of carbonyl (C=O) groups excluding carboxylic acids is 2. The zero-order valence-corrected chi connectivity index (χ0v) is 26.8. The Kier molecular flexibility index (Phi) is 11.1. The minimum absolute atomic E-state index is 0.0351. The van der Waals surface area contributed by atoms with Crippen LogP contribution in [0.25, 0.3) is 11.3 Å². The molecular formula is C33H37N5O9. The maximum atomic E-state index is 13.5. The van der Waals surface area contributed by atoms with E-state index in [2.05, 4.69) is 22.4 Å². The molecule has 3 unspecified atom stereocenters. The highest BCUT2D eigenvalue weighted by atomic mass is 16.6. The third-order valence-corrected chi connectivity index (χ3v) is 8.35. The van der Waals surface area contributed by atoms with E-state index in [0.29, 0.717) is 53.5 Å². The molecule has 14 heteroatoms. The van der Waals surface area contributed by atoms with E-state index in [1.807, 2.05) is 6.92 Å². The Morgan fingerprint density at radius 1 is 0.894 bits per heavy atom. The van der Waals surface area contributed by atoms with Gasteiger partial charge >= 0.3 is 11.9 Å². The zero-order valence-electron chi connectivity index (χ0n) is 26.8. The molecule has 4 rings (SSSR count).